The van der Waals surface area contributed by atoms with E-state index in [4.69, 9.17) is 4.74 Å². The van der Waals surface area contributed by atoms with E-state index in [1.165, 1.54) is 7.11 Å². The van der Waals surface area contributed by atoms with Crippen molar-refractivity contribution in [3.8, 4) is 0 Å². The highest BCUT2D eigenvalue weighted by molar-refractivity contribution is 5.67. The first kappa shape index (κ1) is 14.2. The fourth-order valence-electron chi connectivity index (χ4n) is 1.43. The predicted octanol–water partition coefficient (Wildman–Crippen LogP) is 2.18. The Labute approximate surface area is 92.3 Å². The van der Waals surface area contributed by atoms with Crippen LogP contribution in [-0.4, -0.2) is 32.5 Å². The number of hydrogen-bond donors (Lipinski definition) is 1. The molecule has 1 aliphatic rings. The third-order valence-electron chi connectivity index (χ3n) is 2.81. The molecule has 1 N–H and O–H groups in total. The summed E-state index contributed by atoms with van der Waals surface area (Å²) in [5.41, 5.74) is 0.0498. The quantitative estimate of drug-likeness (QED) is 0.771. The van der Waals surface area contributed by atoms with Gasteiger partial charge in [0.25, 0.3) is 0 Å². The van der Waals surface area contributed by atoms with Crippen molar-refractivity contribution in [2.24, 2.45) is 5.41 Å². The smallest absolute Gasteiger partial charge is 0.407 e. The van der Waals surface area contributed by atoms with Gasteiger partial charge >= 0.3 is 6.09 Å². The molecule has 0 aliphatic carbocycles. The molecule has 15 heavy (non-hydrogen) atoms. The maximum atomic E-state index is 10.9. The molecule has 0 saturated carbocycles. The Balaban J connectivity index is 0.000000921. The minimum atomic E-state index is -0.374. The number of methoxy groups -OCH3 is 1. The van der Waals surface area contributed by atoms with Gasteiger partial charge in [-0.25, -0.2) is 4.79 Å². The summed E-state index contributed by atoms with van der Waals surface area (Å²) >= 11 is 0. The summed E-state index contributed by atoms with van der Waals surface area (Å²) < 4.78 is 9.84. The minimum Gasteiger partial charge on any atom is -0.453 e. The molecule has 0 bridgehead atoms. The summed E-state index contributed by atoms with van der Waals surface area (Å²) in [6.45, 7) is 9.58. The summed E-state index contributed by atoms with van der Waals surface area (Å²) in [5, 5.41) is 2.77. The van der Waals surface area contributed by atoms with Crippen molar-refractivity contribution in [1.82, 2.24) is 5.32 Å². The van der Waals surface area contributed by atoms with Gasteiger partial charge in [-0.3, -0.25) is 0 Å². The van der Waals surface area contributed by atoms with Gasteiger partial charge in [0.2, 0.25) is 0 Å². The molecule has 0 aromatic carbocycles. The van der Waals surface area contributed by atoms with E-state index in [-0.39, 0.29) is 17.6 Å². The van der Waals surface area contributed by atoms with Gasteiger partial charge in [-0.15, -0.1) is 0 Å². The van der Waals surface area contributed by atoms with E-state index in [1.54, 1.807) is 0 Å². The number of amides is 1. The summed E-state index contributed by atoms with van der Waals surface area (Å²) in [6, 6.07) is 0.0856. The third kappa shape index (κ3) is 4.08. The van der Waals surface area contributed by atoms with Gasteiger partial charge in [0.1, 0.15) is 0 Å². The maximum absolute atomic E-state index is 10.9. The average molecular weight is 217 g/mol. The van der Waals surface area contributed by atoms with Crippen LogP contribution in [-0.2, 0) is 9.47 Å². The lowest BCUT2D eigenvalue weighted by molar-refractivity contribution is 0.126. The van der Waals surface area contributed by atoms with Crippen molar-refractivity contribution < 1.29 is 14.3 Å². The standard InChI is InChI=1S/C9H17NO3.C2H6/c1-7(10-8(11)12-3)9(2)4-5-13-6-9;1-2/h7H,4-6H2,1-3H3,(H,10,11);1-2H3. The second-order valence-electron chi connectivity index (χ2n) is 3.81. The van der Waals surface area contributed by atoms with E-state index >= 15 is 0 Å². The molecule has 2 unspecified atom stereocenters. The van der Waals surface area contributed by atoms with E-state index in [1.807, 2.05) is 20.8 Å². The second-order valence-corrected chi connectivity index (χ2v) is 3.81. The van der Waals surface area contributed by atoms with E-state index in [0.717, 1.165) is 13.0 Å². The monoisotopic (exact) mass is 217 g/mol. The first-order valence-electron chi connectivity index (χ1n) is 5.51. The Morgan fingerprint density at radius 3 is 2.53 bits per heavy atom. The number of ether oxygens (including phenoxy) is 2. The maximum Gasteiger partial charge on any atom is 0.407 e. The Bertz CT molecular complexity index is 188. The third-order valence-corrected chi connectivity index (χ3v) is 2.81. The van der Waals surface area contributed by atoms with Crippen molar-refractivity contribution in [3.63, 3.8) is 0 Å². The molecular formula is C11H23NO3. The highest BCUT2D eigenvalue weighted by atomic mass is 16.5. The molecule has 1 heterocycles. The van der Waals surface area contributed by atoms with Crippen LogP contribution in [0.15, 0.2) is 0 Å². The highest BCUT2D eigenvalue weighted by Crippen LogP contribution is 2.31. The Kier molecular flexibility index (Phi) is 6.32. The number of carbonyl (C=O) groups is 1. The van der Waals surface area contributed by atoms with E-state index in [9.17, 15) is 4.79 Å². The van der Waals surface area contributed by atoms with Gasteiger partial charge in [0, 0.05) is 18.1 Å². The van der Waals surface area contributed by atoms with Gasteiger partial charge in [0.15, 0.2) is 0 Å². The van der Waals surface area contributed by atoms with E-state index < -0.39 is 0 Å². The Hall–Kier alpha value is -0.770. The van der Waals surface area contributed by atoms with Crippen LogP contribution < -0.4 is 5.32 Å². The zero-order chi connectivity index (χ0) is 11.9. The summed E-state index contributed by atoms with van der Waals surface area (Å²) in [4.78, 5) is 10.9. The number of alkyl carbamates (subject to hydrolysis) is 1. The summed E-state index contributed by atoms with van der Waals surface area (Å²) in [6.07, 6.45) is 0.610. The molecule has 0 aromatic heterocycles. The molecule has 0 radical (unpaired) electrons. The van der Waals surface area contributed by atoms with Crippen LogP contribution in [0.2, 0.25) is 0 Å². The molecule has 4 heteroatoms. The minimum absolute atomic E-state index is 0.0498. The van der Waals surface area contributed by atoms with Gasteiger partial charge in [-0.05, 0) is 13.3 Å². The normalized spacial score (nSPS) is 26.2. The summed E-state index contributed by atoms with van der Waals surface area (Å²) in [7, 11) is 1.37. The molecule has 1 fully saturated rings. The second kappa shape index (κ2) is 6.67. The van der Waals surface area contributed by atoms with Crippen molar-refractivity contribution >= 4 is 6.09 Å². The van der Waals surface area contributed by atoms with Crippen LogP contribution in [0.3, 0.4) is 0 Å². The van der Waals surface area contributed by atoms with Crippen molar-refractivity contribution in [2.45, 2.75) is 40.2 Å². The molecule has 1 amide bonds. The molecule has 0 spiro atoms. The summed E-state index contributed by atoms with van der Waals surface area (Å²) in [5.74, 6) is 0. The van der Waals surface area contributed by atoms with Gasteiger partial charge in [0.05, 0.1) is 13.7 Å². The number of carbonyl (C=O) groups excluding carboxylic acids is 1. The Morgan fingerprint density at radius 1 is 1.53 bits per heavy atom. The van der Waals surface area contributed by atoms with E-state index in [2.05, 4.69) is 17.0 Å². The van der Waals surface area contributed by atoms with Crippen LogP contribution in [0.5, 0.6) is 0 Å². The molecule has 1 saturated heterocycles. The Morgan fingerprint density at radius 2 is 2.13 bits per heavy atom. The molecule has 90 valence electrons. The number of rotatable bonds is 2. The molecule has 1 aliphatic heterocycles. The van der Waals surface area contributed by atoms with Crippen LogP contribution in [0, 0.1) is 5.41 Å². The lowest BCUT2D eigenvalue weighted by Crippen LogP contribution is -2.44. The number of nitrogens with one attached hydrogen (secondary N) is 1. The van der Waals surface area contributed by atoms with Crippen molar-refractivity contribution in [2.75, 3.05) is 20.3 Å². The first-order chi connectivity index (χ1) is 7.08. The average Bonchev–Trinajstić information content (AvgIpc) is 2.69. The number of hydrogen-bond acceptors (Lipinski definition) is 3. The van der Waals surface area contributed by atoms with Crippen molar-refractivity contribution in [1.29, 1.82) is 0 Å². The molecule has 4 nitrogen and oxygen atoms in total. The molecule has 1 rings (SSSR count). The van der Waals surface area contributed by atoms with Crippen molar-refractivity contribution in [3.05, 3.63) is 0 Å². The zero-order valence-corrected chi connectivity index (χ0v) is 10.4. The highest BCUT2D eigenvalue weighted by Gasteiger charge is 2.36. The SMILES string of the molecule is CC.COC(=O)NC(C)C1(C)CCOC1. The fourth-order valence-corrected chi connectivity index (χ4v) is 1.43. The molecule has 0 aromatic rings. The lowest BCUT2D eigenvalue weighted by Gasteiger charge is -2.29. The van der Waals surface area contributed by atoms with Crippen LogP contribution in [0.4, 0.5) is 4.79 Å². The van der Waals surface area contributed by atoms with E-state index in [0.29, 0.717) is 6.61 Å². The first-order valence-corrected chi connectivity index (χ1v) is 5.51. The molecular weight excluding hydrogens is 194 g/mol. The lowest BCUT2D eigenvalue weighted by atomic mass is 9.83. The van der Waals surface area contributed by atoms with Gasteiger partial charge in [-0.2, -0.15) is 0 Å². The van der Waals surface area contributed by atoms with Gasteiger partial charge < -0.3 is 14.8 Å². The zero-order valence-electron chi connectivity index (χ0n) is 10.4. The van der Waals surface area contributed by atoms with Gasteiger partial charge in [-0.1, -0.05) is 20.8 Å². The van der Waals surface area contributed by atoms with Crippen LogP contribution >= 0.6 is 0 Å². The predicted molar refractivity (Wildman–Crippen MR) is 59.9 cm³/mol. The molecule has 2 atom stereocenters. The topological polar surface area (TPSA) is 47.6 Å². The van der Waals surface area contributed by atoms with Crippen LogP contribution in [0.1, 0.15) is 34.1 Å². The largest absolute Gasteiger partial charge is 0.453 e. The van der Waals surface area contributed by atoms with Crippen LogP contribution in [0.25, 0.3) is 0 Å². The fraction of sp³-hybridized carbons (Fsp3) is 0.909.